The zero-order chi connectivity index (χ0) is 19.3. The van der Waals surface area contributed by atoms with E-state index in [-0.39, 0.29) is 17.7 Å². The average Bonchev–Trinajstić information content (AvgIpc) is 2.73. The number of aliphatic hydroxyl groups is 1. The lowest BCUT2D eigenvalue weighted by molar-refractivity contribution is -0.322. The van der Waals surface area contributed by atoms with Crippen LogP contribution in [0.3, 0.4) is 0 Å². The van der Waals surface area contributed by atoms with E-state index in [0.717, 1.165) is 0 Å². The summed E-state index contributed by atoms with van der Waals surface area (Å²) in [5.74, 6) is -1.50. The largest absolute Gasteiger partial charge is 0.414 e. The fourth-order valence-corrected chi connectivity index (χ4v) is 3.90. The molecule has 2 heterocycles. The Balaban J connectivity index is 2.12. The minimum atomic E-state index is -1.91. The molecule has 2 unspecified atom stereocenters. The Hall–Kier alpha value is -0.0231. The van der Waals surface area contributed by atoms with Gasteiger partial charge in [-0.25, -0.2) is 0 Å². The Morgan fingerprint density at radius 2 is 1.56 bits per heavy atom. The summed E-state index contributed by atoms with van der Waals surface area (Å²) in [5.41, 5.74) is 0. The van der Waals surface area contributed by atoms with Crippen LogP contribution in [0.15, 0.2) is 0 Å². The van der Waals surface area contributed by atoms with Crippen LogP contribution in [-0.4, -0.2) is 62.6 Å². The van der Waals surface area contributed by atoms with Gasteiger partial charge in [-0.15, -0.1) is 0 Å². The van der Waals surface area contributed by atoms with Crippen molar-refractivity contribution in [2.75, 3.05) is 13.2 Å². The molecule has 0 aromatic heterocycles. The highest BCUT2D eigenvalue weighted by atomic mass is 28.4. The predicted molar refractivity (Wildman–Crippen MR) is 97.9 cm³/mol. The standard InChI is InChI=1S/C18H36O6Si/c1-16(2,3)25(8,9)21-11-13-15(24-18(6,7)22-13)14-12(19)10-20-17(4,5)23-14/h12-15,19H,10-11H2,1-9H3/t12?,13?,14-,15-/m1/s1. The highest BCUT2D eigenvalue weighted by molar-refractivity contribution is 6.74. The Bertz CT molecular complexity index is 471. The van der Waals surface area contributed by atoms with E-state index in [1.54, 1.807) is 0 Å². The molecule has 2 rings (SSSR count). The van der Waals surface area contributed by atoms with Gasteiger partial charge < -0.3 is 28.5 Å². The second kappa shape index (κ2) is 6.85. The highest BCUT2D eigenvalue weighted by Gasteiger charge is 2.52. The fourth-order valence-electron chi connectivity index (χ4n) is 2.88. The summed E-state index contributed by atoms with van der Waals surface area (Å²) in [6, 6.07) is 0. The van der Waals surface area contributed by atoms with Crippen molar-refractivity contribution in [3.63, 3.8) is 0 Å². The summed E-state index contributed by atoms with van der Waals surface area (Å²) in [6.45, 7) is 19.1. The molecule has 0 spiro atoms. The molecule has 0 aliphatic carbocycles. The van der Waals surface area contributed by atoms with Gasteiger partial charge in [0.2, 0.25) is 0 Å². The van der Waals surface area contributed by atoms with Crippen LogP contribution in [0, 0.1) is 0 Å². The van der Waals surface area contributed by atoms with E-state index in [1.807, 2.05) is 27.7 Å². The molecule has 6 nitrogen and oxygen atoms in total. The van der Waals surface area contributed by atoms with E-state index in [9.17, 15) is 5.11 Å². The van der Waals surface area contributed by atoms with Crippen LogP contribution in [0.1, 0.15) is 48.5 Å². The third-order valence-electron chi connectivity index (χ3n) is 5.36. The lowest BCUT2D eigenvalue weighted by atomic mass is 10.0. The number of rotatable bonds is 4. The third kappa shape index (κ3) is 5.03. The molecule has 2 saturated heterocycles. The van der Waals surface area contributed by atoms with Gasteiger partial charge in [0.05, 0.1) is 13.2 Å². The van der Waals surface area contributed by atoms with Gasteiger partial charge in [0.1, 0.15) is 24.4 Å². The van der Waals surface area contributed by atoms with E-state index in [4.69, 9.17) is 23.4 Å². The fraction of sp³-hybridized carbons (Fsp3) is 1.00. The summed E-state index contributed by atoms with van der Waals surface area (Å²) in [4.78, 5) is 0. The molecular weight excluding hydrogens is 340 g/mol. The van der Waals surface area contributed by atoms with Crippen LogP contribution in [0.4, 0.5) is 0 Å². The summed E-state index contributed by atoms with van der Waals surface area (Å²) in [6.07, 6.45) is -1.97. The van der Waals surface area contributed by atoms with Gasteiger partial charge in [0.25, 0.3) is 0 Å². The van der Waals surface area contributed by atoms with Crippen molar-refractivity contribution in [3.05, 3.63) is 0 Å². The van der Waals surface area contributed by atoms with Crippen LogP contribution < -0.4 is 0 Å². The van der Waals surface area contributed by atoms with Gasteiger partial charge >= 0.3 is 0 Å². The molecule has 1 N–H and O–H groups in total. The minimum absolute atomic E-state index is 0.119. The molecule has 0 aromatic rings. The van der Waals surface area contributed by atoms with Gasteiger partial charge in [-0.2, -0.15) is 0 Å². The lowest BCUT2D eigenvalue weighted by Gasteiger charge is -2.42. The van der Waals surface area contributed by atoms with Crippen molar-refractivity contribution in [2.45, 2.75) is 103 Å². The molecule has 0 saturated carbocycles. The van der Waals surface area contributed by atoms with Gasteiger partial charge in [0, 0.05) is 0 Å². The first-order chi connectivity index (χ1) is 11.1. The molecule has 148 valence electrons. The van der Waals surface area contributed by atoms with Gasteiger partial charge in [-0.3, -0.25) is 0 Å². The second-order valence-corrected chi connectivity index (χ2v) is 14.4. The smallest absolute Gasteiger partial charge is 0.192 e. The predicted octanol–water partition coefficient (Wildman–Crippen LogP) is 3.04. The SMILES string of the molecule is CC1(C)OCC(O)[C@H]([C@@H]2OC(C)(C)OC2CO[Si](C)(C)C(C)(C)C)O1. The van der Waals surface area contributed by atoms with Crippen LogP contribution in [0.25, 0.3) is 0 Å². The summed E-state index contributed by atoms with van der Waals surface area (Å²) >= 11 is 0. The Morgan fingerprint density at radius 1 is 1.00 bits per heavy atom. The summed E-state index contributed by atoms with van der Waals surface area (Å²) in [5, 5.41) is 10.5. The van der Waals surface area contributed by atoms with Gasteiger partial charge in [0.15, 0.2) is 19.9 Å². The topological polar surface area (TPSA) is 66.4 Å². The number of hydrogen-bond acceptors (Lipinski definition) is 6. The Labute approximate surface area is 153 Å². The zero-order valence-corrected chi connectivity index (χ0v) is 18.2. The van der Waals surface area contributed by atoms with Crippen molar-refractivity contribution in [1.29, 1.82) is 0 Å². The normalized spacial score (nSPS) is 35.8. The quantitative estimate of drug-likeness (QED) is 0.761. The molecule has 7 heteroatoms. The summed E-state index contributed by atoms with van der Waals surface area (Å²) in [7, 11) is -1.91. The van der Waals surface area contributed by atoms with E-state index in [0.29, 0.717) is 6.61 Å². The first-order valence-corrected chi connectivity index (χ1v) is 12.0. The summed E-state index contributed by atoms with van der Waals surface area (Å²) < 4.78 is 30.0. The Morgan fingerprint density at radius 3 is 2.12 bits per heavy atom. The maximum atomic E-state index is 10.4. The molecule has 0 aromatic carbocycles. The molecule has 25 heavy (non-hydrogen) atoms. The third-order valence-corrected chi connectivity index (χ3v) is 9.86. The molecule has 2 fully saturated rings. The van der Waals surface area contributed by atoms with Crippen LogP contribution in [0.5, 0.6) is 0 Å². The number of aliphatic hydroxyl groups excluding tert-OH is 1. The van der Waals surface area contributed by atoms with Gasteiger partial charge in [-0.1, -0.05) is 20.8 Å². The molecular formula is C18H36O6Si. The molecule has 0 bridgehead atoms. The van der Waals surface area contributed by atoms with Crippen molar-refractivity contribution in [2.24, 2.45) is 0 Å². The van der Waals surface area contributed by atoms with E-state index in [1.165, 1.54) is 0 Å². The van der Waals surface area contributed by atoms with Gasteiger partial charge in [-0.05, 0) is 45.8 Å². The monoisotopic (exact) mass is 376 g/mol. The van der Waals surface area contributed by atoms with E-state index < -0.39 is 38.2 Å². The van der Waals surface area contributed by atoms with Crippen LogP contribution >= 0.6 is 0 Å². The first-order valence-electron chi connectivity index (χ1n) is 9.13. The van der Waals surface area contributed by atoms with Crippen molar-refractivity contribution >= 4 is 8.32 Å². The molecule has 2 aliphatic rings. The molecule has 0 amide bonds. The first kappa shape index (κ1) is 21.3. The van der Waals surface area contributed by atoms with Crippen molar-refractivity contribution in [3.8, 4) is 0 Å². The van der Waals surface area contributed by atoms with Crippen LogP contribution in [0.2, 0.25) is 18.1 Å². The number of hydrogen-bond donors (Lipinski definition) is 1. The minimum Gasteiger partial charge on any atom is -0.414 e. The Kier molecular flexibility index (Phi) is 5.83. The van der Waals surface area contributed by atoms with Crippen molar-refractivity contribution in [1.82, 2.24) is 0 Å². The van der Waals surface area contributed by atoms with Crippen LogP contribution in [-0.2, 0) is 23.4 Å². The van der Waals surface area contributed by atoms with E-state index >= 15 is 0 Å². The lowest BCUT2D eigenvalue weighted by Crippen LogP contribution is -2.56. The van der Waals surface area contributed by atoms with E-state index in [2.05, 4.69) is 33.9 Å². The molecule has 4 atom stereocenters. The highest BCUT2D eigenvalue weighted by Crippen LogP contribution is 2.39. The zero-order valence-electron chi connectivity index (χ0n) is 17.2. The average molecular weight is 377 g/mol. The second-order valence-electron chi connectivity index (χ2n) is 9.57. The maximum Gasteiger partial charge on any atom is 0.192 e. The maximum absolute atomic E-state index is 10.4. The molecule has 2 aliphatic heterocycles. The molecule has 0 radical (unpaired) electrons. The number of ether oxygens (including phenoxy) is 4. The van der Waals surface area contributed by atoms with Crippen molar-refractivity contribution < 1.29 is 28.5 Å².